The number of nitrogens with zero attached hydrogens (tertiary/aromatic N) is 4. The first-order valence-corrected chi connectivity index (χ1v) is 10.1. The molecule has 0 radical (unpaired) electrons. The first-order valence-electron chi connectivity index (χ1n) is 10.1. The topological polar surface area (TPSA) is 90.5 Å². The predicted octanol–water partition coefficient (Wildman–Crippen LogP) is 0.907. The van der Waals surface area contributed by atoms with Crippen molar-refractivity contribution in [2.75, 3.05) is 38.0 Å². The highest BCUT2D eigenvalue weighted by Crippen LogP contribution is 2.18. The van der Waals surface area contributed by atoms with Crippen LogP contribution in [0.4, 0.5) is 5.82 Å². The number of fused-ring (bicyclic) bond motifs is 1. The van der Waals surface area contributed by atoms with Gasteiger partial charge in [-0.25, -0.2) is 9.97 Å². The number of benzene rings is 1. The Morgan fingerprint density at radius 2 is 2.03 bits per heavy atom. The Morgan fingerprint density at radius 3 is 2.86 bits per heavy atom. The van der Waals surface area contributed by atoms with Crippen molar-refractivity contribution in [1.82, 2.24) is 25.1 Å². The number of carbonyl (C=O) groups excluding carboxylic acids is 2. The van der Waals surface area contributed by atoms with Gasteiger partial charge in [-0.3, -0.25) is 14.5 Å². The molecule has 1 aromatic carbocycles. The Kier molecular flexibility index (Phi) is 6.00. The van der Waals surface area contributed by atoms with Gasteiger partial charge in [-0.2, -0.15) is 0 Å². The Bertz CT molecular complexity index is 868. The predicted molar refractivity (Wildman–Crippen MR) is 109 cm³/mol. The summed E-state index contributed by atoms with van der Waals surface area (Å²) in [4.78, 5) is 35.3. The van der Waals surface area contributed by atoms with E-state index in [4.69, 9.17) is 0 Å². The van der Waals surface area contributed by atoms with E-state index in [0.29, 0.717) is 31.1 Å². The Morgan fingerprint density at radius 1 is 1.21 bits per heavy atom. The molecule has 1 saturated heterocycles. The van der Waals surface area contributed by atoms with Crippen LogP contribution in [0, 0.1) is 0 Å². The highest BCUT2D eigenvalue weighted by atomic mass is 16.2. The van der Waals surface area contributed by atoms with Gasteiger partial charge in [0.2, 0.25) is 6.41 Å². The molecule has 0 atom stereocenters. The van der Waals surface area contributed by atoms with Gasteiger partial charge in [0.1, 0.15) is 17.8 Å². The minimum atomic E-state index is -0.192. The van der Waals surface area contributed by atoms with E-state index in [1.807, 2.05) is 0 Å². The van der Waals surface area contributed by atoms with Crippen molar-refractivity contribution in [2.24, 2.45) is 0 Å². The third kappa shape index (κ3) is 4.89. The van der Waals surface area contributed by atoms with Gasteiger partial charge >= 0.3 is 0 Å². The minimum absolute atomic E-state index is 0.167. The van der Waals surface area contributed by atoms with E-state index in [1.54, 1.807) is 11.0 Å². The third-order valence-corrected chi connectivity index (χ3v) is 5.46. The van der Waals surface area contributed by atoms with Crippen molar-refractivity contribution in [3.8, 4) is 0 Å². The van der Waals surface area contributed by atoms with E-state index in [9.17, 15) is 9.59 Å². The highest BCUT2D eigenvalue weighted by molar-refractivity contribution is 5.92. The van der Waals surface area contributed by atoms with Gasteiger partial charge in [-0.15, -0.1) is 0 Å². The van der Waals surface area contributed by atoms with Gasteiger partial charge < -0.3 is 15.5 Å². The van der Waals surface area contributed by atoms with Crippen LogP contribution in [0.1, 0.15) is 28.0 Å². The van der Waals surface area contributed by atoms with Gasteiger partial charge in [0.15, 0.2) is 0 Å². The van der Waals surface area contributed by atoms with Crippen molar-refractivity contribution in [3.05, 3.63) is 53.5 Å². The van der Waals surface area contributed by atoms with Gasteiger partial charge in [-0.05, 0) is 24.0 Å². The highest BCUT2D eigenvalue weighted by Gasteiger charge is 2.25. The standard InChI is InChI=1S/C21H26N6O2/c28-15-27-12-18(13-27)25-20-10-19(23-14-24-20)21(29)22-7-3-8-26-9-6-16-4-1-2-5-17(16)11-26/h1-2,4-5,10,14-15,18H,3,6-9,11-13H2,(H,22,29)(H,23,24,25). The number of amides is 2. The molecule has 8 heteroatoms. The van der Waals surface area contributed by atoms with Crippen molar-refractivity contribution in [3.63, 3.8) is 0 Å². The van der Waals surface area contributed by atoms with Crippen molar-refractivity contribution in [2.45, 2.75) is 25.4 Å². The van der Waals surface area contributed by atoms with E-state index in [-0.39, 0.29) is 11.9 Å². The SMILES string of the molecule is O=CN1CC(Nc2cc(C(=O)NCCCN3CCc4ccccc4C3)ncn2)C1. The molecule has 2 aliphatic rings. The average Bonchev–Trinajstić information content (AvgIpc) is 2.73. The van der Waals surface area contributed by atoms with Gasteiger partial charge in [-0.1, -0.05) is 24.3 Å². The molecule has 0 aliphatic carbocycles. The van der Waals surface area contributed by atoms with E-state index in [0.717, 1.165) is 38.9 Å². The van der Waals surface area contributed by atoms with Crippen LogP contribution in [0.5, 0.6) is 0 Å². The van der Waals surface area contributed by atoms with Crippen molar-refractivity contribution < 1.29 is 9.59 Å². The summed E-state index contributed by atoms with van der Waals surface area (Å²) in [6.07, 6.45) is 4.21. The number of carbonyl (C=O) groups is 2. The fourth-order valence-corrected chi connectivity index (χ4v) is 3.80. The van der Waals surface area contributed by atoms with Gasteiger partial charge in [0, 0.05) is 45.3 Å². The number of aromatic nitrogens is 2. The number of likely N-dealkylation sites (tertiary alicyclic amines) is 1. The summed E-state index contributed by atoms with van der Waals surface area (Å²) in [7, 11) is 0. The molecule has 0 saturated carbocycles. The molecule has 2 N–H and O–H groups in total. The molecule has 0 bridgehead atoms. The van der Waals surface area contributed by atoms with Crippen LogP contribution in [0.15, 0.2) is 36.7 Å². The lowest BCUT2D eigenvalue weighted by molar-refractivity contribution is -0.121. The summed E-state index contributed by atoms with van der Waals surface area (Å²) in [5, 5.41) is 6.16. The average molecular weight is 394 g/mol. The lowest BCUT2D eigenvalue weighted by atomic mass is 10.00. The summed E-state index contributed by atoms with van der Waals surface area (Å²) in [6.45, 7) is 4.91. The first-order chi connectivity index (χ1) is 14.2. The zero-order chi connectivity index (χ0) is 20.1. The Balaban J connectivity index is 1.19. The zero-order valence-corrected chi connectivity index (χ0v) is 16.4. The largest absolute Gasteiger partial charge is 0.364 e. The fourth-order valence-electron chi connectivity index (χ4n) is 3.80. The van der Waals surface area contributed by atoms with E-state index >= 15 is 0 Å². The van der Waals surface area contributed by atoms with Gasteiger partial charge in [0.05, 0.1) is 6.04 Å². The molecule has 2 aromatic rings. The number of anilines is 1. The minimum Gasteiger partial charge on any atom is -0.364 e. The molecule has 2 amide bonds. The van der Waals surface area contributed by atoms with E-state index in [2.05, 4.69) is 49.8 Å². The molecule has 0 unspecified atom stereocenters. The number of nitrogens with one attached hydrogen (secondary N) is 2. The summed E-state index contributed by atoms with van der Waals surface area (Å²) in [6, 6.07) is 10.4. The van der Waals surface area contributed by atoms with Crippen LogP contribution >= 0.6 is 0 Å². The van der Waals surface area contributed by atoms with Gasteiger partial charge in [0.25, 0.3) is 5.91 Å². The first kappa shape index (κ1) is 19.3. The summed E-state index contributed by atoms with van der Waals surface area (Å²) in [5.41, 5.74) is 3.21. The van der Waals surface area contributed by atoms with Crippen LogP contribution in [-0.2, 0) is 17.8 Å². The molecule has 3 heterocycles. The molecule has 152 valence electrons. The van der Waals surface area contributed by atoms with Crippen LogP contribution < -0.4 is 10.6 Å². The van der Waals surface area contributed by atoms with Crippen molar-refractivity contribution in [1.29, 1.82) is 0 Å². The monoisotopic (exact) mass is 394 g/mol. The Hall–Kier alpha value is -3.00. The van der Waals surface area contributed by atoms with Crippen molar-refractivity contribution >= 4 is 18.1 Å². The normalized spacial score (nSPS) is 16.6. The fraction of sp³-hybridized carbons (Fsp3) is 0.429. The Labute approximate surface area is 170 Å². The van der Waals surface area contributed by atoms with E-state index in [1.165, 1.54) is 17.5 Å². The van der Waals surface area contributed by atoms with Crippen LogP contribution in [0.3, 0.4) is 0 Å². The molecule has 8 nitrogen and oxygen atoms in total. The van der Waals surface area contributed by atoms with E-state index < -0.39 is 0 Å². The molecular formula is C21H26N6O2. The third-order valence-electron chi connectivity index (χ3n) is 5.46. The number of hydrogen-bond acceptors (Lipinski definition) is 6. The lowest BCUT2D eigenvalue weighted by Gasteiger charge is -2.36. The maximum Gasteiger partial charge on any atom is 0.270 e. The molecule has 29 heavy (non-hydrogen) atoms. The van der Waals surface area contributed by atoms with Crippen LogP contribution in [0.25, 0.3) is 0 Å². The molecule has 0 spiro atoms. The maximum atomic E-state index is 12.4. The second-order valence-electron chi connectivity index (χ2n) is 7.59. The van der Waals surface area contributed by atoms with Crippen LogP contribution in [0.2, 0.25) is 0 Å². The summed E-state index contributed by atoms with van der Waals surface area (Å²) >= 11 is 0. The number of hydrogen-bond donors (Lipinski definition) is 2. The summed E-state index contributed by atoms with van der Waals surface area (Å²) in [5.74, 6) is 0.412. The molecule has 2 aliphatic heterocycles. The number of rotatable bonds is 8. The second-order valence-corrected chi connectivity index (χ2v) is 7.59. The molecule has 1 fully saturated rings. The zero-order valence-electron chi connectivity index (χ0n) is 16.4. The second kappa shape index (κ2) is 9.00. The molecule has 1 aromatic heterocycles. The molecule has 4 rings (SSSR count). The lowest BCUT2D eigenvalue weighted by Crippen LogP contribution is -2.53. The van der Waals surface area contributed by atoms with Crippen LogP contribution in [-0.4, -0.2) is 70.9 Å². The smallest absolute Gasteiger partial charge is 0.270 e. The molecular weight excluding hydrogens is 368 g/mol. The quantitative estimate of drug-likeness (QED) is 0.511. The maximum absolute atomic E-state index is 12.4. The summed E-state index contributed by atoms with van der Waals surface area (Å²) < 4.78 is 0.